The van der Waals surface area contributed by atoms with Gasteiger partial charge in [0.1, 0.15) is 11.6 Å². The van der Waals surface area contributed by atoms with E-state index < -0.39 is 10.8 Å². The summed E-state index contributed by atoms with van der Waals surface area (Å²) >= 11 is 0. The maximum absolute atomic E-state index is 12.3. The summed E-state index contributed by atoms with van der Waals surface area (Å²) in [5.41, 5.74) is 0.433. The maximum Gasteiger partial charge on any atom is 0.271 e. The van der Waals surface area contributed by atoms with Gasteiger partial charge in [-0.2, -0.15) is 5.26 Å². The van der Waals surface area contributed by atoms with Gasteiger partial charge in [-0.1, -0.05) is 6.07 Å². The fourth-order valence-electron chi connectivity index (χ4n) is 2.34. The largest absolute Gasteiger partial charge is 0.490 e. The van der Waals surface area contributed by atoms with E-state index in [-0.39, 0.29) is 16.9 Å². The van der Waals surface area contributed by atoms with Crippen LogP contribution >= 0.6 is 0 Å². The molecule has 2 aromatic carbocycles. The molecule has 0 aliphatic rings. The van der Waals surface area contributed by atoms with E-state index in [1.165, 1.54) is 30.5 Å². The summed E-state index contributed by atoms with van der Waals surface area (Å²) in [6.45, 7) is 4.66. The highest BCUT2D eigenvalue weighted by molar-refractivity contribution is 6.06. The van der Waals surface area contributed by atoms with Crippen molar-refractivity contribution in [2.75, 3.05) is 23.8 Å². The Morgan fingerprint density at radius 1 is 1.14 bits per heavy atom. The van der Waals surface area contributed by atoms with E-state index in [1.807, 2.05) is 13.8 Å². The molecule has 0 spiro atoms. The molecule has 0 aliphatic heterocycles. The molecule has 1 amide bonds. The Balaban J connectivity index is 2.14. The number of carbonyl (C=O) groups is 1. The molecule has 9 heteroatoms. The summed E-state index contributed by atoms with van der Waals surface area (Å²) in [6, 6.07) is 12.4. The maximum atomic E-state index is 12.3. The number of nitrogens with zero attached hydrogens (tertiary/aromatic N) is 2. The lowest BCUT2D eigenvalue weighted by molar-refractivity contribution is -0.384. The van der Waals surface area contributed by atoms with Crippen LogP contribution in [0.3, 0.4) is 0 Å². The van der Waals surface area contributed by atoms with Crippen LogP contribution in [-0.2, 0) is 4.79 Å². The highest BCUT2D eigenvalue weighted by atomic mass is 16.6. The van der Waals surface area contributed by atoms with Gasteiger partial charge in [0, 0.05) is 35.8 Å². The van der Waals surface area contributed by atoms with Crippen molar-refractivity contribution in [3.63, 3.8) is 0 Å². The fraction of sp³-hybridized carbons (Fsp3) is 0.200. The summed E-state index contributed by atoms with van der Waals surface area (Å²) in [5.74, 6) is 0.427. The first-order valence-corrected chi connectivity index (χ1v) is 8.80. The minimum Gasteiger partial charge on any atom is -0.490 e. The third-order valence-electron chi connectivity index (χ3n) is 3.61. The van der Waals surface area contributed by atoms with E-state index in [2.05, 4.69) is 10.6 Å². The average Bonchev–Trinajstić information content (AvgIpc) is 2.70. The Morgan fingerprint density at radius 3 is 2.52 bits per heavy atom. The smallest absolute Gasteiger partial charge is 0.271 e. The zero-order chi connectivity index (χ0) is 21.2. The molecule has 0 radical (unpaired) electrons. The fourth-order valence-corrected chi connectivity index (χ4v) is 2.34. The van der Waals surface area contributed by atoms with Crippen LogP contribution in [0.15, 0.2) is 54.2 Å². The number of non-ortho nitro benzene ring substituents is 1. The predicted octanol–water partition coefficient (Wildman–Crippen LogP) is 3.85. The number of nitriles is 1. The van der Waals surface area contributed by atoms with Crippen molar-refractivity contribution in [3.05, 3.63) is 64.4 Å². The van der Waals surface area contributed by atoms with Crippen LogP contribution < -0.4 is 20.1 Å². The molecule has 0 aromatic heterocycles. The standard InChI is InChI=1S/C20H20N4O5/c1-3-28-18-9-8-15(11-19(18)29-4-2)22-13-14(12-21)20(25)23-16-6-5-7-17(10-16)24(26)27/h5-11,13,22H,3-4H2,1-2H3,(H,23,25)/b14-13-. The second-order valence-electron chi connectivity index (χ2n) is 5.60. The van der Waals surface area contributed by atoms with E-state index in [0.717, 1.165) is 0 Å². The Bertz CT molecular complexity index is 966. The number of benzene rings is 2. The molecular formula is C20H20N4O5. The minimum absolute atomic E-state index is 0.166. The van der Waals surface area contributed by atoms with Crippen LogP contribution in [-0.4, -0.2) is 24.0 Å². The predicted molar refractivity (Wildman–Crippen MR) is 108 cm³/mol. The number of nitro benzene ring substituents is 1. The number of rotatable bonds is 9. The second kappa shape index (κ2) is 10.3. The van der Waals surface area contributed by atoms with Gasteiger partial charge < -0.3 is 20.1 Å². The third-order valence-corrected chi connectivity index (χ3v) is 3.61. The van der Waals surface area contributed by atoms with Gasteiger partial charge in [-0.3, -0.25) is 14.9 Å². The number of carbonyl (C=O) groups excluding carboxylic acids is 1. The Kier molecular flexibility index (Phi) is 7.56. The number of amides is 1. The SMILES string of the molecule is CCOc1ccc(N/C=C(/C#N)C(=O)Nc2cccc([N+](=O)[O-])c2)cc1OCC. The summed E-state index contributed by atoms with van der Waals surface area (Å²) in [7, 11) is 0. The van der Waals surface area contributed by atoms with Crippen LogP contribution in [0, 0.1) is 21.4 Å². The molecule has 0 saturated carbocycles. The molecular weight excluding hydrogens is 376 g/mol. The molecule has 2 aromatic rings. The Morgan fingerprint density at radius 2 is 1.86 bits per heavy atom. The quantitative estimate of drug-likeness (QED) is 0.285. The van der Waals surface area contributed by atoms with Crippen molar-refractivity contribution in [2.24, 2.45) is 0 Å². The second-order valence-corrected chi connectivity index (χ2v) is 5.60. The van der Waals surface area contributed by atoms with Crippen molar-refractivity contribution >= 4 is 23.0 Å². The van der Waals surface area contributed by atoms with Gasteiger partial charge in [-0.15, -0.1) is 0 Å². The number of anilines is 2. The molecule has 0 atom stereocenters. The number of ether oxygens (including phenoxy) is 2. The van der Waals surface area contributed by atoms with E-state index in [4.69, 9.17) is 9.47 Å². The molecule has 0 fully saturated rings. The van der Waals surface area contributed by atoms with Crippen molar-refractivity contribution < 1.29 is 19.2 Å². The van der Waals surface area contributed by atoms with Gasteiger partial charge in [0.2, 0.25) is 0 Å². The first-order chi connectivity index (χ1) is 14.0. The summed E-state index contributed by atoms with van der Waals surface area (Å²) in [6.07, 6.45) is 1.25. The number of nitro groups is 1. The van der Waals surface area contributed by atoms with Crippen LogP contribution in [0.5, 0.6) is 11.5 Å². The summed E-state index contributed by atoms with van der Waals surface area (Å²) in [4.78, 5) is 22.6. The van der Waals surface area contributed by atoms with Gasteiger partial charge in [-0.05, 0) is 32.0 Å². The number of nitrogens with one attached hydrogen (secondary N) is 2. The van der Waals surface area contributed by atoms with Gasteiger partial charge in [0.15, 0.2) is 11.5 Å². The van der Waals surface area contributed by atoms with Gasteiger partial charge in [-0.25, -0.2) is 0 Å². The summed E-state index contributed by atoms with van der Waals surface area (Å²) < 4.78 is 11.0. The first kappa shape index (κ1) is 21.2. The van der Waals surface area contributed by atoms with E-state index in [0.29, 0.717) is 30.4 Å². The van der Waals surface area contributed by atoms with E-state index >= 15 is 0 Å². The molecule has 2 rings (SSSR count). The lowest BCUT2D eigenvalue weighted by Gasteiger charge is -2.12. The molecule has 9 nitrogen and oxygen atoms in total. The molecule has 0 bridgehead atoms. The number of hydrogen-bond donors (Lipinski definition) is 2. The van der Waals surface area contributed by atoms with Crippen LogP contribution in [0.1, 0.15) is 13.8 Å². The summed E-state index contributed by atoms with van der Waals surface area (Å²) in [5, 5.41) is 25.4. The average molecular weight is 396 g/mol. The van der Waals surface area contributed by atoms with Gasteiger partial charge in [0.25, 0.3) is 11.6 Å². The molecule has 150 valence electrons. The Labute approximate surface area is 167 Å². The van der Waals surface area contributed by atoms with Crippen molar-refractivity contribution in [1.29, 1.82) is 5.26 Å². The Hall–Kier alpha value is -4.06. The normalized spacial score (nSPS) is 10.6. The number of hydrogen-bond acceptors (Lipinski definition) is 7. The topological polar surface area (TPSA) is 127 Å². The lowest BCUT2D eigenvalue weighted by atomic mass is 10.2. The highest BCUT2D eigenvalue weighted by Crippen LogP contribution is 2.30. The molecule has 2 N–H and O–H groups in total. The minimum atomic E-state index is -0.698. The van der Waals surface area contributed by atoms with E-state index in [1.54, 1.807) is 24.3 Å². The molecule has 0 saturated heterocycles. The van der Waals surface area contributed by atoms with Crippen molar-refractivity contribution in [1.82, 2.24) is 0 Å². The monoisotopic (exact) mass is 396 g/mol. The molecule has 29 heavy (non-hydrogen) atoms. The zero-order valence-corrected chi connectivity index (χ0v) is 16.0. The molecule has 0 unspecified atom stereocenters. The van der Waals surface area contributed by atoms with Crippen LogP contribution in [0.4, 0.5) is 17.1 Å². The third kappa shape index (κ3) is 5.97. The van der Waals surface area contributed by atoms with Crippen LogP contribution in [0.25, 0.3) is 0 Å². The highest BCUT2D eigenvalue weighted by Gasteiger charge is 2.12. The van der Waals surface area contributed by atoms with Gasteiger partial charge >= 0.3 is 0 Å². The molecule has 0 heterocycles. The first-order valence-electron chi connectivity index (χ1n) is 8.80. The molecule has 0 aliphatic carbocycles. The van der Waals surface area contributed by atoms with Crippen molar-refractivity contribution in [2.45, 2.75) is 13.8 Å². The van der Waals surface area contributed by atoms with Crippen molar-refractivity contribution in [3.8, 4) is 17.6 Å². The van der Waals surface area contributed by atoms with Crippen LogP contribution in [0.2, 0.25) is 0 Å². The zero-order valence-electron chi connectivity index (χ0n) is 16.0. The lowest BCUT2D eigenvalue weighted by Crippen LogP contribution is -2.14. The van der Waals surface area contributed by atoms with Gasteiger partial charge in [0.05, 0.1) is 18.1 Å². The van der Waals surface area contributed by atoms with E-state index in [9.17, 15) is 20.2 Å².